The molecule has 0 aromatic carbocycles. The molecule has 0 fully saturated rings. The van der Waals surface area contributed by atoms with E-state index in [4.69, 9.17) is 0 Å². The predicted octanol–water partition coefficient (Wildman–Crippen LogP) is 5.84. The van der Waals surface area contributed by atoms with E-state index in [0.717, 1.165) is 0 Å². The summed E-state index contributed by atoms with van der Waals surface area (Å²) in [5.74, 6) is 0. The van der Waals surface area contributed by atoms with Crippen LogP contribution in [0, 0.1) is 0 Å². The second-order valence-corrected chi connectivity index (χ2v) is 22.8. The molecule has 0 aliphatic carbocycles. The van der Waals surface area contributed by atoms with Crippen LogP contribution in [-0.4, -0.2) is 0 Å². The molecule has 0 atom stereocenters. The van der Waals surface area contributed by atoms with Crippen LogP contribution < -0.4 is 0 Å². The van der Waals surface area contributed by atoms with Crippen molar-refractivity contribution in [1.82, 2.24) is 0 Å². The first-order valence-electron chi connectivity index (χ1n) is 6.74. The van der Waals surface area contributed by atoms with Gasteiger partial charge >= 0.3 is 96.5 Å². The Morgan fingerprint density at radius 2 is 1.00 bits per heavy atom. The molecule has 0 radical (unpaired) electrons. The number of rotatable bonds is 9. The predicted molar refractivity (Wildman–Crippen MR) is 65.0 cm³/mol. The van der Waals surface area contributed by atoms with E-state index in [1.165, 1.54) is 32.1 Å². The summed E-state index contributed by atoms with van der Waals surface area (Å²) >= 11 is -1.73. The Bertz CT molecular complexity index is 103. The number of hydrogen-bond donors (Lipinski definition) is 0. The molecular formula is C13H30Hf. The fourth-order valence-corrected chi connectivity index (χ4v) is 23.7. The molecule has 1 heteroatoms. The van der Waals surface area contributed by atoms with Crippen molar-refractivity contribution in [1.29, 1.82) is 0 Å². The molecule has 0 aliphatic rings. The zero-order valence-electron chi connectivity index (χ0n) is 10.9. The van der Waals surface area contributed by atoms with Crippen LogP contribution in [0.5, 0.6) is 0 Å². The van der Waals surface area contributed by atoms with Gasteiger partial charge in [0.25, 0.3) is 0 Å². The molecule has 0 unspecified atom stereocenters. The Hall–Kier alpha value is 0.870. The van der Waals surface area contributed by atoms with E-state index >= 15 is 0 Å². The SMILES string of the molecule is CCC[CH2][Hf]([CH2]CC)([CH2]CC)[CH2]CC. The first-order chi connectivity index (χ1) is 6.74. The Morgan fingerprint density at radius 1 is 0.571 bits per heavy atom. The molecule has 0 N–H and O–H groups in total. The van der Waals surface area contributed by atoms with Crippen LogP contribution in [0.4, 0.5) is 0 Å². The zero-order chi connectivity index (χ0) is 10.9. The summed E-state index contributed by atoms with van der Waals surface area (Å²) in [5.41, 5.74) is 0. The van der Waals surface area contributed by atoms with Crippen molar-refractivity contribution in [3.8, 4) is 0 Å². The van der Waals surface area contributed by atoms with Crippen LogP contribution in [0.15, 0.2) is 0 Å². The van der Waals surface area contributed by atoms with Gasteiger partial charge in [-0.25, -0.2) is 0 Å². The fourth-order valence-electron chi connectivity index (χ4n) is 2.89. The van der Waals surface area contributed by atoms with E-state index < -0.39 is 20.0 Å². The molecule has 0 bridgehead atoms. The third-order valence-electron chi connectivity index (χ3n) is 3.40. The van der Waals surface area contributed by atoms with Crippen molar-refractivity contribution in [3.63, 3.8) is 0 Å². The summed E-state index contributed by atoms with van der Waals surface area (Å²) in [5, 5.41) is 0. The molecule has 0 aromatic rings. The molecule has 0 aliphatic heterocycles. The van der Waals surface area contributed by atoms with E-state index in [-0.39, 0.29) is 0 Å². The quantitative estimate of drug-likeness (QED) is 0.450. The second kappa shape index (κ2) is 9.12. The van der Waals surface area contributed by atoms with Gasteiger partial charge in [0.05, 0.1) is 0 Å². The monoisotopic (exact) mass is 366 g/mol. The van der Waals surface area contributed by atoms with Gasteiger partial charge in [-0.3, -0.25) is 0 Å². The van der Waals surface area contributed by atoms with Crippen LogP contribution in [0.2, 0.25) is 16.7 Å². The average Bonchev–Trinajstić information content (AvgIpc) is 2.16. The topological polar surface area (TPSA) is 0 Å². The minimum absolute atomic E-state index is 1.42. The molecule has 14 heavy (non-hydrogen) atoms. The molecular weight excluding hydrogens is 335 g/mol. The Morgan fingerprint density at radius 3 is 1.29 bits per heavy atom. The van der Waals surface area contributed by atoms with Crippen LogP contribution >= 0.6 is 0 Å². The third kappa shape index (κ3) is 5.68. The summed E-state index contributed by atoms with van der Waals surface area (Å²) in [4.78, 5) is 0. The Balaban J connectivity index is 4.21. The van der Waals surface area contributed by atoms with Crippen molar-refractivity contribution in [3.05, 3.63) is 0 Å². The molecule has 0 amide bonds. The van der Waals surface area contributed by atoms with Crippen LogP contribution in [-0.2, 0) is 20.0 Å². The van der Waals surface area contributed by atoms with E-state index in [0.29, 0.717) is 0 Å². The van der Waals surface area contributed by atoms with Gasteiger partial charge in [-0.2, -0.15) is 0 Å². The second-order valence-electron chi connectivity index (χ2n) is 4.85. The van der Waals surface area contributed by atoms with E-state index in [1.54, 1.807) is 16.7 Å². The number of hydrogen-bond acceptors (Lipinski definition) is 0. The van der Waals surface area contributed by atoms with Crippen molar-refractivity contribution in [2.45, 2.75) is 76.5 Å². The van der Waals surface area contributed by atoms with Gasteiger partial charge in [0.2, 0.25) is 0 Å². The summed E-state index contributed by atoms with van der Waals surface area (Å²) < 4.78 is 6.72. The summed E-state index contributed by atoms with van der Waals surface area (Å²) in [6, 6.07) is 0. The Labute approximate surface area is 96.2 Å². The van der Waals surface area contributed by atoms with Gasteiger partial charge in [0, 0.05) is 0 Å². The minimum atomic E-state index is -1.73. The zero-order valence-corrected chi connectivity index (χ0v) is 14.5. The fraction of sp³-hybridized carbons (Fsp3) is 1.00. The molecule has 0 spiro atoms. The average molecular weight is 365 g/mol. The molecule has 0 aromatic heterocycles. The number of unbranched alkanes of at least 4 members (excludes halogenated alkanes) is 1. The van der Waals surface area contributed by atoms with Crippen molar-refractivity contribution in [2.75, 3.05) is 0 Å². The van der Waals surface area contributed by atoms with Crippen LogP contribution in [0.3, 0.4) is 0 Å². The maximum absolute atomic E-state index is 2.39. The summed E-state index contributed by atoms with van der Waals surface area (Å²) in [6.07, 6.45) is 7.34. The van der Waals surface area contributed by atoms with Crippen molar-refractivity contribution in [2.24, 2.45) is 0 Å². The molecule has 86 valence electrons. The molecule has 0 rings (SSSR count). The molecule has 0 saturated carbocycles. The van der Waals surface area contributed by atoms with E-state index in [2.05, 4.69) is 27.7 Å². The van der Waals surface area contributed by atoms with Crippen LogP contribution in [0.1, 0.15) is 59.8 Å². The van der Waals surface area contributed by atoms with Gasteiger partial charge in [-0.1, -0.05) is 0 Å². The third-order valence-corrected chi connectivity index (χ3v) is 25.3. The van der Waals surface area contributed by atoms with Gasteiger partial charge < -0.3 is 0 Å². The molecule has 0 nitrogen and oxygen atoms in total. The maximum atomic E-state index is 2.39. The standard InChI is InChI=1S/C4H9.3C3H7.Hf/c1-3-4-2;3*1-3-2;/h1,3-4H2,2H3;3*1,3H2,2H3;. The van der Waals surface area contributed by atoms with Crippen molar-refractivity contribution >= 4 is 0 Å². The summed E-state index contributed by atoms with van der Waals surface area (Å²) in [7, 11) is 0. The van der Waals surface area contributed by atoms with E-state index in [9.17, 15) is 0 Å². The normalized spacial score (nSPS) is 12.0. The van der Waals surface area contributed by atoms with Gasteiger partial charge in [0.1, 0.15) is 0 Å². The first-order valence-corrected chi connectivity index (χ1v) is 16.9. The van der Waals surface area contributed by atoms with Gasteiger partial charge in [-0.05, 0) is 0 Å². The first kappa shape index (κ1) is 14.9. The van der Waals surface area contributed by atoms with Crippen molar-refractivity contribution < 1.29 is 20.0 Å². The van der Waals surface area contributed by atoms with Gasteiger partial charge in [-0.15, -0.1) is 0 Å². The molecule has 0 saturated heterocycles. The van der Waals surface area contributed by atoms with E-state index in [1.807, 2.05) is 0 Å². The van der Waals surface area contributed by atoms with Crippen LogP contribution in [0.25, 0.3) is 0 Å². The molecule has 0 heterocycles. The Kier molecular flexibility index (Phi) is 9.69. The summed E-state index contributed by atoms with van der Waals surface area (Å²) in [6.45, 7) is 9.53. The van der Waals surface area contributed by atoms with Gasteiger partial charge in [0.15, 0.2) is 0 Å².